The standard InChI is InChI=1S/C18H23FN4O/c1-12-18(21-17(24)11-14-7-9-20-10-8-14)13(2)23(22-12)16-6-4-3-5-15(16)19/h3-6,14,20H,7-11H2,1-2H3,(H,21,24). The first kappa shape index (κ1) is 16.6. The number of anilines is 1. The Kier molecular flexibility index (Phi) is 4.94. The Labute approximate surface area is 141 Å². The number of rotatable bonds is 4. The highest BCUT2D eigenvalue weighted by Crippen LogP contribution is 2.25. The van der Waals surface area contributed by atoms with Crippen molar-refractivity contribution in [3.05, 3.63) is 41.5 Å². The van der Waals surface area contributed by atoms with Crippen molar-refractivity contribution in [3.8, 4) is 5.69 Å². The summed E-state index contributed by atoms with van der Waals surface area (Å²) in [6.07, 6.45) is 2.57. The van der Waals surface area contributed by atoms with Crippen molar-refractivity contribution in [1.82, 2.24) is 15.1 Å². The number of aryl methyl sites for hydroxylation is 1. The molecular weight excluding hydrogens is 307 g/mol. The lowest BCUT2D eigenvalue weighted by Crippen LogP contribution is -2.30. The van der Waals surface area contributed by atoms with Gasteiger partial charge < -0.3 is 10.6 Å². The fourth-order valence-electron chi connectivity index (χ4n) is 3.22. The number of carbonyl (C=O) groups excluding carboxylic acids is 1. The first-order chi connectivity index (χ1) is 11.6. The molecule has 1 aliphatic rings. The maximum Gasteiger partial charge on any atom is 0.224 e. The number of nitrogens with zero attached hydrogens (tertiary/aromatic N) is 2. The van der Waals surface area contributed by atoms with Gasteiger partial charge in [0.2, 0.25) is 5.91 Å². The van der Waals surface area contributed by atoms with Gasteiger partial charge >= 0.3 is 0 Å². The summed E-state index contributed by atoms with van der Waals surface area (Å²) >= 11 is 0. The fraction of sp³-hybridized carbons (Fsp3) is 0.444. The third kappa shape index (κ3) is 3.48. The van der Waals surface area contributed by atoms with Crippen LogP contribution in [-0.2, 0) is 4.79 Å². The lowest BCUT2D eigenvalue weighted by atomic mass is 9.94. The molecule has 1 aromatic heterocycles. The molecule has 2 heterocycles. The van der Waals surface area contributed by atoms with Crippen molar-refractivity contribution >= 4 is 11.6 Å². The van der Waals surface area contributed by atoms with Crippen molar-refractivity contribution in [2.24, 2.45) is 5.92 Å². The molecule has 24 heavy (non-hydrogen) atoms. The number of benzene rings is 1. The summed E-state index contributed by atoms with van der Waals surface area (Å²) in [4.78, 5) is 12.4. The minimum Gasteiger partial charge on any atom is -0.323 e. The van der Waals surface area contributed by atoms with E-state index >= 15 is 0 Å². The summed E-state index contributed by atoms with van der Waals surface area (Å²) < 4.78 is 15.6. The molecule has 1 saturated heterocycles. The number of aromatic nitrogens is 2. The molecule has 0 atom stereocenters. The van der Waals surface area contributed by atoms with Crippen LogP contribution >= 0.6 is 0 Å². The molecule has 5 nitrogen and oxygen atoms in total. The highest BCUT2D eigenvalue weighted by Gasteiger charge is 2.20. The van der Waals surface area contributed by atoms with Crippen molar-refractivity contribution in [3.63, 3.8) is 0 Å². The van der Waals surface area contributed by atoms with Crippen LogP contribution in [0.4, 0.5) is 10.1 Å². The molecule has 1 aliphatic heterocycles. The Hall–Kier alpha value is -2.21. The zero-order valence-corrected chi connectivity index (χ0v) is 14.1. The van der Waals surface area contributed by atoms with E-state index in [1.807, 2.05) is 13.8 Å². The first-order valence-electron chi connectivity index (χ1n) is 8.38. The van der Waals surface area contributed by atoms with Gasteiger partial charge in [0.05, 0.1) is 17.1 Å². The number of amides is 1. The Bertz CT molecular complexity index is 735. The average molecular weight is 330 g/mol. The van der Waals surface area contributed by atoms with Crippen molar-refractivity contribution in [1.29, 1.82) is 0 Å². The third-order valence-electron chi connectivity index (χ3n) is 4.57. The predicted octanol–water partition coefficient (Wildman–Crippen LogP) is 2.96. The fourth-order valence-corrected chi connectivity index (χ4v) is 3.22. The molecule has 0 spiro atoms. The normalized spacial score (nSPS) is 15.5. The molecule has 6 heteroatoms. The number of piperidine rings is 1. The highest BCUT2D eigenvalue weighted by molar-refractivity contribution is 5.92. The van der Waals surface area contributed by atoms with Gasteiger partial charge in [0.25, 0.3) is 0 Å². The first-order valence-corrected chi connectivity index (χ1v) is 8.38. The Morgan fingerprint density at radius 3 is 2.75 bits per heavy atom. The summed E-state index contributed by atoms with van der Waals surface area (Å²) in [6.45, 7) is 5.61. The second kappa shape index (κ2) is 7.13. The van der Waals surface area contributed by atoms with E-state index in [2.05, 4.69) is 15.7 Å². The van der Waals surface area contributed by atoms with Crippen LogP contribution in [0.1, 0.15) is 30.7 Å². The zero-order chi connectivity index (χ0) is 17.1. The summed E-state index contributed by atoms with van der Waals surface area (Å²) in [5.74, 6) is 0.0883. The van der Waals surface area contributed by atoms with Gasteiger partial charge in [-0.25, -0.2) is 9.07 Å². The van der Waals surface area contributed by atoms with Gasteiger partial charge in [0.1, 0.15) is 11.5 Å². The molecule has 128 valence electrons. The summed E-state index contributed by atoms with van der Waals surface area (Å²) in [7, 11) is 0. The molecule has 0 bridgehead atoms. The van der Waals surface area contributed by atoms with Crippen LogP contribution in [0.2, 0.25) is 0 Å². The minimum absolute atomic E-state index is 0.00110. The number of hydrogen-bond donors (Lipinski definition) is 2. The zero-order valence-electron chi connectivity index (χ0n) is 14.1. The lowest BCUT2D eigenvalue weighted by molar-refractivity contribution is -0.117. The predicted molar refractivity (Wildman–Crippen MR) is 91.8 cm³/mol. The van der Waals surface area contributed by atoms with E-state index in [1.54, 1.807) is 22.9 Å². The van der Waals surface area contributed by atoms with Crippen molar-refractivity contribution in [2.75, 3.05) is 18.4 Å². The van der Waals surface area contributed by atoms with Gasteiger partial charge in [-0.05, 0) is 57.8 Å². The Morgan fingerprint density at radius 2 is 2.04 bits per heavy atom. The number of nitrogens with one attached hydrogen (secondary N) is 2. The van der Waals surface area contributed by atoms with Gasteiger partial charge in [0, 0.05) is 6.42 Å². The van der Waals surface area contributed by atoms with Crippen molar-refractivity contribution in [2.45, 2.75) is 33.1 Å². The van der Waals surface area contributed by atoms with Crippen molar-refractivity contribution < 1.29 is 9.18 Å². The van der Waals surface area contributed by atoms with E-state index in [4.69, 9.17) is 0 Å². The summed E-state index contributed by atoms with van der Waals surface area (Å²) in [6, 6.07) is 6.49. The molecule has 3 rings (SSSR count). The number of hydrogen-bond acceptors (Lipinski definition) is 3. The summed E-state index contributed by atoms with van der Waals surface area (Å²) in [5, 5.41) is 10.7. The van der Waals surface area contributed by atoms with Gasteiger partial charge in [-0.3, -0.25) is 4.79 Å². The second-order valence-electron chi connectivity index (χ2n) is 6.35. The molecule has 0 radical (unpaired) electrons. The Balaban J connectivity index is 1.77. The van der Waals surface area contributed by atoms with Crippen LogP contribution in [-0.4, -0.2) is 28.8 Å². The molecular formula is C18H23FN4O. The van der Waals surface area contributed by atoms with E-state index < -0.39 is 0 Å². The second-order valence-corrected chi connectivity index (χ2v) is 6.35. The molecule has 1 fully saturated rings. The Morgan fingerprint density at radius 1 is 1.33 bits per heavy atom. The number of para-hydroxylation sites is 1. The van der Waals surface area contributed by atoms with E-state index in [0.29, 0.717) is 29.4 Å². The maximum atomic E-state index is 14.0. The quantitative estimate of drug-likeness (QED) is 0.906. The largest absolute Gasteiger partial charge is 0.323 e. The molecule has 0 saturated carbocycles. The monoisotopic (exact) mass is 330 g/mol. The molecule has 0 aliphatic carbocycles. The van der Waals surface area contributed by atoms with E-state index in [-0.39, 0.29) is 11.7 Å². The number of halogens is 1. The molecule has 2 N–H and O–H groups in total. The highest BCUT2D eigenvalue weighted by atomic mass is 19.1. The van der Waals surface area contributed by atoms with E-state index in [0.717, 1.165) is 31.6 Å². The average Bonchev–Trinajstić information content (AvgIpc) is 2.84. The van der Waals surface area contributed by atoms with E-state index in [9.17, 15) is 9.18 Å². The number of carbonyl (C=O) groups is 1. The van der Waals surface area contributed by atoms with Gasteiger partial charge in [-0.15, -0.1) is 0 Å². The van der Waals surface area contributed by atoms with Gasteiger partial charge in [0.15, 0.2) is 0 Å². The topological polar surface area (TPSA) is 59.0 Å². The smallest absolute Gasteiger partial charge is 0.224 e. The SMILES string of the molecule is Cc1nn(-c2ccccc2F)c(C)c1NC(=O)CC1CCNCC1. The molecule has 0 unspecified atom stereocenters. The van der Waals surface area contributed by atoms with Crippen LogP contribution in [0.25, 0.3) is 5.69 Å². The molecule has 2 aromatic rings. The van der Waals surface area contributed by atoms with Crippen LogP contribution in [0.15, 0.2) is 24.3 Å². The van der Waals surface area contributed by atoms with Crippen LogP contribution in [0.5, 0.6) is 0 Å². The van der Waals surface area contributed by atoms with Crippen LogP contribution in [0, 0.1) is 25.6 Å². The minimum atomic E-state index is -0.337. The van der Waals surface area contributed by atoms with Crippen LogP contribution in [0.3, 0.4) is 0 Å². The van der Waals surface area contributed by atoms with E-state index in [1.165, 1.54) is 6.07 Å². The summed E-state index contributed by atoms with van der Waals surface area (Å²) in [5.41, 5.74) is 2.49. The lowest BCUT2D eigenvalue weighted by Gasteiger charge is -2.21. The molecule has 1 aromatic carbocycles. The van der Waals surface area contributed by atoms with Gasteiger partial charge in [-0.1, -0.05) is 12.1 Å². The maximum absolute atomic E-state index is 14.0. The van der Waals surface area contributed by atoms with Gasteiger partial charge in [-0.2, -0.15) is 5.10 Å². The third-order valence-corrected chi connectivity index (χ3v) is 4.57. The van der Waals surface area contributed by atoms with Crippen LogP contribution < -0.4 is 10.6 Å². The molecule has 1 amide bonds.